The second-order valence-corrected chi connectivity index (χ2v) is 5.92. The minimum absolute atomic E-state index is 0.0991. The summed E-state index contributed by atoms with van der Waals surface area (Å²) in [4.78, 5) is 12.5. The van der Waals surface area contributed by atoms with Crippen molar-refractivity contribution in [3.63, 3.8) is 0 Å². The van der Waals surface area contributed by atoms with E-state index >= 15 is 0 Å². The van der Waals surface area contributed by atoms with Crippen molar-refractivity contribution in [2.75, 3.05) is 26.9 Å². The Morgan fingerprint density at radius 2 is 2.25 bits per heavy atom. The van der Waals surface area contributed by atoms with Crippen molar-refractivity contribution in [2.45, 2.75) is 44.9 Å². The smallest absolute Gasteiger partial charge is 0.287 e. The minimum Gasteiger partial charge on any atom is -0.390 e. The first-order valence-electron chi connectivity index (χ1n) is 7.80. The Hall–Kier alpha value is -1.58. The first kappa shape index (κ1) is 18.8. The molecule has 2 rings (SSSR count). The van der Waals surface area contributed by atoms with Crippen LogP contribution in [0, 0.1) is 0 Å². The van der Waals surface area contributed by atoms with Gasteiger partial charge in [-0.25, -0.2) is 8.78 Å². The highest BCUT2D eigenvalue weighted by Gasteiger charge is 2.34. The molecule has 9 heteroatoms. The molecule has 0 saturated carbocycles. The van der Waals surface area contributed by atoms with E-state index in [9.17, 15) is 13.6 Å². The highest BCUT2D eigenvalue weighted by Crippen LogP contribution is 2.31. The number of halogens is 2. The number of methoxy groups -OCH3 is 1. The fraction of sp³-hybridized carbons (Fsp3) is 0.733. The van der Waals surface area contributed by atoms with Gasteiger partial charge in [0, 0.05) is 19.1 Å². The number of amides is 1. The standard InChI is InChI=1S/C15H23F2N3O4/c1-9-6-11-12(10(2)24-9)19-20(4-5-23-3)13(11)14(22)18-7-15(16,17)8-21/h9-10,21H,4-8H2,1-3H3,(H,18,22)/t9-,10+/m0/s1. The molecule has 0 aliphatic carbocycles. The minimum atomic E-state index is -3.36. The lowest BCUT2D eigenvalue weighted by molar-refractivity contribution is -0.0462. The van der Waals surface area contributed by atoms with Crippen LogP contribution in [-0.4, -0.2) is 59.7 Å². The lowest BCUT2D eigenvalue weighted by Gasteiger charge is -2.24. The summed E-state index contributed by atoms with van der Waals surface area (Å²) in [7, 11) is 1.53. The number of fused-ring (bicyclic) bond motifs is 1. The number of alkyl halides is 2. The van der Waals surface area contributed by atoms with Gasteiger partial charge >= 0.3 is 0 Å². The predicted molar refractivity (Wildman–Crippen MR) is 81.1 cm³/mol. The summed E-state index contributed by atoms with van der Waals surface area (Å²) in [5, 5.41) is 15.2. The van der Waals surface area contributed by atoms with E-state index in [1.807, 2.05) is 13.8 Å². The maximum absolute atomic E-state index is 13.2. The van der Waals surface area contributed by atoms with E-state index in [-0.39, 0.29) is 17.9 Å². The predicted octanol–water partition coefficient (Wildman–Crippen LogP) is 0.909. The second kappa shape index (κ2) is 7.54. The summed E-state index contributed by atoms with van der Waals surface area (Å²) in [6.07, 6.45) is 0.0993. The third-order valence-corrected chi connectivity index (χ3v) is 3.86. The van der Waals surface area contributed by atoms with E-state index in [0.29, 0.717) is 30.8 Å². The number of aliphatic hydroxyl groups excluding tert-OH is 1. The number of carbonyl (C=O) groups excluding carboxylic acids is 1. The van der Waals surface area contributed by atoms with Crippen LogP contribution in [0.3, 0.4) is 0 Å². The van der Waals surface area contributed by atoms with Gasteiger partial charge in [-0.2, -0.15) is 5.10 Å². The van der Waals surface area contributed by atoms with E-state index in [1.54, 1.807) is 0 Å². The fourth-order valence-electron chi connectivity index (χ4n) is 2.74. The zero-order valence-corrected chi connectivity index (χ0v) is 14.0. The molecule has 1 aromatic heterocycles. The van der Waals surface area contributed by atoms with Crippen molar-refractivity contribution < 1.29 is 28.2 Å². The van der Waals surface area contributed by atoms with Gasteiger partial charge in [0.05, 0.1) is 37.6 Å². The van der Waals surface area contributed by atoms with Gasteiger partial charge in [-0.1, -0.05) is 0 Å². The largest absolute Gasteiger partial charge is 0.390 e. The summed E-state index contributed by atoms with van der Waals surface area (Å²) in [6.45, 7) is 2.11. The quantitative estimate of drug-likeness (QED) is 0.766. The van der Waals surface area contributed by atoms with Gasteiger partial charge in [0.1, 0.15) is 12.3 Å². The van der Waals surface area contributed by atoms with Crippen LogP contribution in [0.15, 0.2) is 0 Å². The molecule has 0 radical (unpaired) electrons. The summed E-state index contributed by atoms with van der Waals surface area (Å²) < 4.78 is 38.6. The van der Waals surface area contributed by atoms with Crippen molar-refractivity contribution in [2.24, 2.45) is 0 Å². The normalized spacial score (nSPS) is 20.8. The van der Waals surface area contributed by atoms with E-state index < -0.39 is 25.0 Å². The monoisotopic (exact) mass is 347 g/mol. The van der Waals surface area contributed by atoms with E-state index in [2.05, 4.69) is 10.4 Å². The Labute approximate surface area is 138 Å². The van der Waals surface area contributed by atoms with Crippen LogP contribution >= 0.6 is 0 Å². The van der Waals surface area contributed by atoms with E-state index in [0.717, 1.165) is 0 Å². The van der Waals surface area contributed by atoms with Crippen molar-refractivity contribution >= 4 is 5.91 Å². The number of hydrogen-bond donors (Lipinski definition) is 2. The van der Waals surface area contributed by atoms with Crippen molar-refractivity contribution in [3.05, 3.63) is 17.0 Å². The number of aliphatic hydroxyl groups is 1. The molecule has 0 bridgehead atoms. The molecule has 136 valence electrons. The Morgan fingerprint density at radius 1 is 1.54 bits per heavy atom. The molecule has 0 unspecified atom stereocenters. The van der Waals surface area contributed by atoms with E-state index in [4.69, 9.17) is 14.6 Å². The molecule has 2 N–H and O–H groups in total. The van der Waals surface area contributed by atoms with Crippen molar-refractivity contribution in [1.82, 2.24) is 15.1 Å². The molecular weight excluding hydrogens is 324 g/mol. The van der Waals surface area contributed by atoms with Gasteiger partial charge < -0.3 is 19.9 Å². The number of nitrogens with one attached hydrogen (secondary N) is 1. The van der Waals surface area contributed by atoms with Crippen LogP contribution in [0.25, 0.3) is 0 Å². The first-order valence-corrected chi connectivity index (χ1v) is 7.80. The molecule has 7 nitrogen and oxygen atoms in total. The second-order valence-electron chi connectivity index (χ2n) is 5.92. The zero-order valence-electron chi connectivity index (χ0n) is 14.0. The maximum Gasteiger partial charge on any atom is 0.287 e. The molecule has 0 fully saturated rings. The van der Waals surface area contributed by atoms with Crippen molar-refractivity contribution in [3.8, 4) is 0 Å². The van der Waals surface area contributed by atoms with Gasteiger partial charge in [-0.3, -0.25) is 9.48 Å². The number of carbonyl (C=O) groups is 1. The zero-order chi connectivity index (χ0) is 17.9. The Kier molecular flexibility index (Phi) is 5.89. The van der Waals surface area contributed by atoms with Crippen LogP contribution in [0.4, 0.5) is 8.78 Å². The van der Waals surface area contributed by atoms with Crippen LogP contribution < -0.4 is 5.32 Å². The third-order valence-electron chi connectivity index (χ3n) is 3.86. The first-order chi connectivity index (χ1) is 11.3. The maximum atomic E-state index is 13.2. The Morgan fingerprint density at radius 3 is 2.88 bits per heavy atom. The van der Waals surface area contributed by atoms with Gasteiger partial charge in [0.25, 0.3) is 11.8 Å². The lowest BCUT2D eigenvalue weighted by atomic mass is 9.99. The average Bonchev–Trinajstić information content (AvgIpc) is 2.89. The van der Waals surface area contributed by atoms with Crippen LogP contribution in [0.1, 0.15) is 41.7 Å². The molecule has 0 spiro atoms. The van der Waals surface area contributed by atoms with Gasteiger partial charge in [0.2, 0.25) is 0 Å². The molecule has 1 aliphatic rings. The molecule has 2 heterocycles. The summed E-state index contributed by atoms with van der Waals surface area (Å²) in [5.74, 6) is -4.01. The molecule has 2 atom stereocenters. The average molecular weight is 347 g/mol. The Bertz CT molecular complexity index is 592. The molecule has 0 saturated heterocycles. The number of nitrogens with zero attached hydrogens (tertiary/aromatic N) is 2. The van der Waals surface area contributed by atoms with Crippen molar-refractivity contribution in [1.29, 1.82) is 0 Å². The Balaban J connectivity index is 2.30. The number of rotatable bonds is 7. The van der Waals surface area contributed by atoms with Crippen LogP contribution in [0.5, 0.6) is 0 Å². The van der Waals surface area contributed by atoms with Gasteiger partial charge in [-0.15, -0.1) is 0 Å². The molecule has 1 amide bonds. The molecule has 1 aliphatic heterocycles. The van der Waals surface area contributed by atoms with Crippen LogP contribution in [-0.2, 0) is 22.4 Å². The third kappa shape index (κ3) is 4.08. The molecule has 1 aromatic rings. The van der Waals surface area contributed by atoms with Gasteiger partial charge in [0.15, 0.2) is 0 Å². The summed E-state index contributed by atoms with van der Waals surface area (Å²) in [6, 6.07) is 0. The van der Waals surface area contributed by atoms with Crippen LogP contribution in [0.2, 0.25) is 0 Å². The number of hydrogen-bond acceptors (Lipinski definition) is 5. The summed E-state index contributed by atoms with van der Waals surface area (Å²) >= 11 is 0. The lowest BCUT2D eigenvalue weighted by Crippen LogP contribution is -2.40. The molecular formula is C15H23F2N3O4. The topological polar surface area (TPSA) is 85.6 Å². The highest BCUT2D eigenvalue weighted by molar-refractivity contribution is 5.94. The number of aromatic nitrogens is 2. The highest BCUT2D eigenvalue weighted by atomic mass is 19.3. The molecule has 24 heavy (non-hydrogen) atoms. The fourth-order valence-corrected chi connectivity index (χ4v) is 2.74. The SMILES string of the molecule is COCCn1nc2c(c1C(=O)NCC(F)(F)CO)C[C@H](C)O[C@@H]2C. The molecule has 0 aromatic carbocycles. The number of ether oxygens (including phenoxy) is 2. The summed E-state index contributed by atoms with van der Waals surface area (Å²) in [5.41, 5.74) is 1.60. The van der Waals surface area contributed by atoms with Gasteiger partial charge in [-0.05, 0) is 13.8 Å². The van der Waals surface area contributed by atoms with E-state index in [1.165, 1.54) is 11.8 Å².